The zero-order valence-electron chi connectivity index (χ0n) is 16.0. The molecule has 30 heavy (non-hydrogen) atoms. The van der Waals surface area contributed by atoms with E-state index in [2.05, 4.69) is 27.0 Å². The van der Waals surface area contributed by atoms with Gasteiger partial charge in [0.25, 0.3) is 0 Å². The number of fused-ring (bicyclic) bond motifs is 1. The second-order valence-electron chi connectivity index (χ2n) is 7.27. The lowest BCUT2D eigenvalue weighted by Crippen LogP contribution is -2.58. The summed E-state index contributed by atoms with van der Waals surface area (Å²) >= 11 is 0. The number of nitrogens with one attached hydrogen (secondary N) is 2. The number of nitrogens with zero attached hydrogens (tertiary/aromatic N) is 1. The van der Waals surface area contributed by atoms with Crippen LogP contribution < -0.4 is 5.56 Å². The summed E-state index contributed by atoms with van der Waals surface area (Å²) in [6.07, 6.45) is -3.20. The van der Waals surface area contributed by atoms with Crippen LogP contribution in [0.5, 0.6) is 0 Å². The molecular formula is C21H21N3O6. The van der Waals surface area contributed by atoms with Gasteiger partial charge in [0.1, 0.15) is 30.5 Å². The van der Waals surface area contributed by atoms with Gasteiger partial charge in [-0.3, -0.25) is 9.89 Å². The van der Waals surface area contributed by atoms with Crippen molar-refractivity contribution < 1.29 is 25.2 Å². The number of aliphatic hydroxyl groups excluding tert-OH is 4. The van der Waals surface area contributed by atoms with Crippen LogP contribution in [0.25, 0.3) is 22.0 Å². The van der Waals surface area contributed by atoms with E-state index in [1.807, 2.05) is 19.1 Å². The molecule has 0 spiro atoms. The molecule has 1 fully saturated rings. The Morgan fingerprint density at radius 1 is 1.17 bits per heavy atom. The van der Waals surface area contributed by atoms with Gasteiger partial charge in [-0.2, -0.15) is 5.10 Å². The standard InChI is InChI=1S/C21H21N3O6/c1-10-4-17(26)22-8-14(10)12-5-11(18-13(6-12)7-23-24-18)2-3-15-19(27)21(29)20(28)16(9-25)30-15/h4-8,15-16,19-21,25,27-29H,9H2,1H3,(H,22,26)(H,23,24)/t15-,16-,19-,20-,21-/m1/s1. The second kappa shape index (κ2) is 8.02. The zero-order chi connectivity index (χ0) is 21.4. The highest BCUT2D eigenvalue weighted by Gasteiger charge is 2.42. The fraction of sp³-hybridized carbons (Fsp3) is 0.333. The van der Waals surface area contributed by atoms with Crippen molar-refractivity contribution in [3.8, 4) is 23.0 Å². The normalized spacial score (nSPS) is 26.4. The maximum absolute atomic E-state index is 11.5. The van der Waals surface area contributed by atoms with Crippen LogP contribution in [0.1, 0.15) is 11.1 Å². The molecule has 6 N–H and O–H groups in total. The number of aliphatic hydroxyl groups is 4. The molecule has 3 aromatic rings. The van der Waals surface area contributed by atoms with Gasteiger partial charge in [-0.25, -0.2) is 0 Å². The molecule has 2 aromatic heterocycles. The van der Waals surface area contributed by atoms with Gasteiger partial charge in [-0.05, 0) is 30.2 Å². The van der Waals surface area contributed by atoms with E-state index in [9.17, 15) is 25.2 Å². The summed E-state index contributed by atoms with van der Waals surface area (Å²) in [7, 11) is 0. The van der Waals surface area contributed by atoms with Crippen LogP contribution in [0.4, 0.5) is 0 Å². The van der Waals surface area contributed by atoms with Gasteiger partial charge in [-0.15, -0.1) is 0 Å². The highest BCUT2D eigenvalue weighted by atomic mass is 16.5. The van der Waals surface area contributed by atoms with Crippen LogP contribution in [0.2, 0.25) is 0 Å². The van der Waals surface area contributed by atoms with Crippen LogP contribution in [0, 0.1) is 18.8 Å². The number of aryl methyl sites for hydroxylation is 1. The number of H-pyrrole nitrogens is 2. The third-order valence-electron chi connectivity index (χ3n) is 5.23. The summed E-state index contributed by atoms with van der Waals surface area (Å²) in [5, 5.41) is 47.1. The van der Waals surface area contributed by atoms with E-state index in [-0.39, 0.29) is 5.56 Å². The molecule has 0 aliphatic carbocycles. The molecule has 9 nitrogen and oxygen atoms in total. The van der Waals surface area contributed by atoms with Crippen LogP contribution in [0.3, 0.4) is 0 Å². The first-order chi connectivity index (χ1) is 14.4. The van der Waals surface area contributed by atoms with E-state index in [4.69, 9.17) is 4.74 Å². The van der Waals surface area contributed by atoms with Crippen molar-refractivity contribution in [2.75, 3.05) is 6.61 Å². The third-order valence-corrected chi connectivity index (χ3v) is 5.23. The number of aromatic amines is 2. The monoisotopic (exact) mass is 411 g/mol. The summed E-state index contributed by atoms with van der Waals surface area (Å²) in [6.45, 7) is 1.32. The van der Waals surface area contributed by atoms with E-state index < -0.39 is 37.1 Å². The first-order valence-electron chi connectivity index (χ1n) is 9.38. The van der Waals surface area contributed by atoms with Crippen molar-refractivity contribution in [1.82, 2.24) is 15.2 Å². The molecule has 0 saturated carbocycles. The maximum Gasteiger partial charge on any atom is 0.248 e. The van der Waals surface area contributed by atoms with Gasteiger partial charge >= 0.3 is 0 Å². The van der Waals surface area contributed by atoms with E-state index >= 15 is 0 Å². The molecule has 1 aliphatic heterocycles. The average molecular weight is 411 g/mol. The molecule has 3 heterocycles. The number of benzene rings is 1. The van der Waals surface area contributed by atoms with Crippen molar-refractivity contribution >= 4 is 10.9 Å². The summed E-state index contributed by atoms with van der Waals surface area (Å²) in [5.41, 5.74) is 3.50. The lowest BCUT2D eigenvalue weighted by Gasteiger charge is -2.37. The van der Waals surface area contributed by atoms with E-state index in [1.165, 1.54) is 6.07 Å². The minimum absolute atomic E-state index is 0.191. The second-order valence-corrected chi connectivity index (χ2v) is 7.27. The minimum atomic E-state index is -1.49. The Morgan fingerprint density at radius 3 is 2.70 bits per heavy atom. The van der Waals surface area contributed by atoms with Crippen molar-refractivity contribution in [3.63, 3.8) is 0 Å². The number of hydrogen-bond donors (Lipinski definition) is 6. The van der Waals surface area contributed by atoms with Crippen LogP contribution >= 0.6 is 0 Å². The van der Waals surface area contributed by atoms with Crippen molar-refractivity contribution in [1.29, 1.82) is 0 Å². The van der Waals surface area contributed by atoms with Gasteiger partial charge < -0.3 is 30.1 Å². The Kier molecular flexibility index (Phi) is 5.42. The third kappa shape index (κ3) is 3.63. The van der Waals surface area contributed by atoms with Gasteiger partial charge in [0, 0.05) is 23.2 Å². The molecule has 0 unspecified atom stereocenters. The molecule has 1 aliphatic rings. The van der Waals surface area contributed by atoms with E-state index in [1.54, 1.807) is 12.4 Å². The maximum atomic E-state index is 11.5. The largest absolute Gasteiger partial charge is 0.394 e. The number of rotatable bonds is 2. The fourth-order valence-corrected chi connectivity index (χ4v) is 3.57. The fourth-order valence-electron chi connectivity index (χ4n) is 3.57. The number of pyridine rings is 1. The molecule has 1 aromatic carbocycles. The predicted octanol–water partition coefficient (Wildman–Crippen LogP) is -0.579. The Hall–Kier alpha value is -3.00. The smallest absolute Gasteiger partial charge is 0.248 e. The molecule has 0 amide bonds. The summed E-state index contributed by atoms with van der Waals surface area (Å²) in [6, 6.07) is 5.24. The lowest BCUT2D eigenvalue weighted by atomic mass is 9.95. The number of hydrogen-bond acceptors (Lipinski definition) is 7. The Labute approximate surface area is 171 Å². The van der Waals surface area contributed by atoms with Gasteiger partial charge in [0.15, 0.2) is 0 Å². The van der Waals surface area contributed by atoms with Crippen molar-refractivity contribution in [2.24, 2.45) is 0 Å². The van der Waals surface area contributed by atoms with Crippen LogP contribution in [0.15, 0.2) is 35.4 Å². The number of aromatic nitrogens is 3. The Bertz CT molecular complexity index is 1190. The summed E-state index contributed by atoms with van der Waals surface area (Å²) in [5.74, 6) is 5.72. The predicted molar refractivity (Wildman–Crippen MR) is 108 cm³/mol. The molecule has 0 bridgehead atoms. The molecule has 9 heteroatoms. The van der Waals surface area contributed by atoms with Gasteiger partial charge in [0.2, 0.25) is 5.56 Å². The summed E-state index contributed by atoms with van der Waals surface area (Å²) < 4.78 is 5.44. The first-order valence-corrected chi connectivity index (χ1v) is 9.38. The minimum Gasteiger partial charge on any atom is -0.394 e. The Balaban J connectivity index is 1.75. The van der Waals surface area contributed by atoms with E-state index in [0.29, 0.717) is 11.1 Å². The average Bonchev–Trinajstić information content (AvgIpc) is 3.20. The van der Waals surface area contributed by atoms with Crippen LogP contribution in [-0.4, -0.2) is 72.7 Å². The molecule has 156 valence electrons. The van der Waals surface area contributed by atoms with Crippen molar-refractivity contribution in [3.05, 3.63) is 52.1 Å². The summed E-state index contributed by atoms with van der Waals surface area (Å²) in [4.78, 5) is 14.2. The molecule has 4 rings (SSSR count). The zero-order valence-corrected chi connectivity index (χ0v) is 16.0. The quantitative estimate of drug-likeness (QED) is 0.309. The molecule has 5 atom stereocenters. The molecule has 0 radical (unpaired) electrons. The highest BCUT2D eigenvalue weighted by Crippen LogP contribution is 2.28. The highest BCUT2D eigenvalue weighted by molar-refractivity contribution is 5.89. The lowest BCUT2D eigenvalue weighted by molar-refractivity contribution is -0.214. The van der Waals surface area contributed by atoms with Crippen molar-refractivity contribution in [2.45, 2.75) is 37.4 Å². The van der Waals surface area contributed by atoms with Gasteiger partial charge in [0.05, 0.1) is 23.9 Å². The Morgan fingerprint density at radius 2 is 1.97 bits per heavy atom. The van der Waals surface area contributed by atoms with Gasteiger partial charge in [-0.1, -0.05) is 11.8 Å². The van der Waals surface area contributed by atoms with Crippen LogP contribution in [-0.2, 0) is 4.74 Å². The number of ether oxygens (including phenoxy) is 1. The topological polar surface area (TPSA) is 152 Å². The molecular weight excluding hydrogens is 390 g/mol. The molecule has 1 saturated heterocycles. The van der Waals surface area contributed by atoms with E-state index in [0.717, 1.165) is 22.1 Å². The first kappa shape index (κ1) is 20.3. The SMILES string of the molecule is Cc1cc(=O)[nH]cc1-c1cc(C#C[C@H]2O[C@H](CO)[C@@H](O)[C@H](O)[C@@H]2O)c2[nH]ncc2c1.